The zero-order chi connectivity index (χ0) is 16.5. The molecule has 1 unspecified atom stereocenters. The summed E-state index contributed by atoms with van der Waals surface area (Å²) in [6.07, 6.45) is 4.67. The molecule has 1 aliphatic heterocycles. The molecule has 7 heteroatoms. The number of hydrogen-bond acceptors (Lipinski definition) is 4. The Morgan fingerprint density at radius 3 is 2.96 bits per heavy atom. The maximum absolute atomic E-state index is 11.9. The number of guanidine groups is 1. The summed E-state index contributed by atoms with van der Waals surface area (Å²) in [4.78, 5) is 20.2. The highest BCUT2D eigenvalue weighted by atomic mass is 32.2. The van der Waals surface area contributed by atoms with Gasteiger partial charge in [0.15, 0.2) is 5.96 Å². The first kappa shape index (κ1) is 17.6. The molecule has 2 heterocycles. The molecule has 23 heavy (non-hydrogen) atoms. The number of carbonyl (C=O) groups is 1. The molecule has 0 aliphatic carbocycles. The molecule has 0 spiro atoms. The molecule has 1 aliphatic rings. The van der Waals surface area contributed by atoms with Crippen molar-refractivity contribution in [3.05, 3.63) is 23.9 Å². The number of carbonyl (C=O) groups excluding carboxylic acids is 1. The van der Waals surface area contributed by atoms with Crippen molar-refractivity contribution in [2.45, 2.75) is 31.4 Å². The Balaban J connectivity index is 1.64. The normalized spacial score (nSPS) is 17.8. The van der Waals surface area contributed by atoms with Gasteiger partial charge in [0.1, 0.15) is 5.82 Å². The summed E-state index contributed by atoms with van der Waals surface area (Å²) >= 11 is 2.01. The second kappa shape index (κ2) is 9.39. The minimum atomic E-state index is -0.0596. The lowest BCUT2D eigenvalue weighted by Gasteiger charge is -2.14. The first-order valence-corrected chi connectivity index (χ1v) is 9.01. The molecule has 1 amide bonds. The van der Waals surface area contributed by atoms with Gasteiger partial charge in [-0.05, 0) is 37.1 Å². The zero-order valence-corrected chi connectivity index (χ0v) is 14.6. The van der Waals surface area contributed by atoms with Gasteiger partial charge >= 0.3 is 0 Å². The first-order valence-electron chi connectivity index (χ1n) is 7.96. The van der Waals surface area contributed by atoms with Crippen molar-refractivity contribution < 1.29 is 4.79 Å². The lowest BCUT2D eigenvalue weighted by Crippen LogP contribution is -2.41. The third kappa shape index (κ3) is 6.48. The van der Waals surface area contributed by atoms with Gasteiger partial charge in [-0.15, -0.1) is 0 Å². The number of pyridine rings is 1. The van der Waals surface area contributed by atoms with Gasteiger partial charge in [0, 0.05) is 38.0 Å². The standard InChI is InChI=1S/C16H25N5OS/c1-12-5-6-14(19-10-12)21-15(22)7-8-18-16(17-2)20-11-13-4-3-9-23-13/h5-6,10,13H,3-4,7-9,11H2,1-2H3,(H2,17,18,20)(H,19,21,22). The minimum Gasteiger partial charge on any atom is -0.356 e. The van der Waals surface area contributed by atoms with Crippen LogP contribution in [-0.4, -0.2) is 48.0 Å². The van der Waals surface area contributed by atoms with Gasteiger partial charge in [-0.1, -0.05) is 6.07 Å². The quantitative estimate of drug-likeness (QED) is 0.545. The van der Waals surface area contributed by atoms with Crippen LogP contribution in [0.2, 0.25) is 0 Å². The molecule has 0 bridgehead atoms. The van der Waals surface area contributed by atoms with E-state index in [-0.39, 0.29) is 5.91 Å². The molecule has 126 valence electrons. The largest absolute Gasteiger partial charge is 0.356 e. The number of aromatic nitrogens is 1. The van der Waals surface area contributed by atoms with Gasteiger partial charge < -0.3 is 16.0 Å². The van der Waals surface area contributed by atoms with E-state index in [1.807, 2.05) is 24.8 Å². The maximum atomic E-state index is 11.9. The van der Waals surface area contributed by atoms with Crippen LogP contribution in [0.15, 0.2) is 23.3 Å². The molecule has 1 saturated heterocycles. The van der Waals surface area contributed by atoms with E-state index in [1.54, 1.807) is 19.3 Å². The van der Waals surface area contributed by atoms with E-state index in [4.69, 9.17) is 0 Å². The molecular formula is C16H25N5OS. The van der Waals surface area contributed by atoms with Crippen LogP contribution >= 0.6 is 11.8 Å². The molecular weight excluding hydrogens is 310 g/mol. The van der Waals surface area contributed by atoms with Gasteiger partial charge in [0.05, 0.1) is 0 Å². The Morgan fingerprint density at radius 1 is 1.43 bits per heavy atom. The fourth-order valence-electron chi connectivity index (χ4n) is 2.28. The summed E-state index contributed by atoms with van der Waals surface area (Å²) in [6, 6.07) is 3.73. The molecule has 0 saturated carbocycles. The number of nitrogens with zero attached hydrogens (tertiary/aromatic N) is 2. The summed E-state index contributed by atoms with van der Waals surface area (Å²) in [6.45, 7) is 3.42. The third-order valence-electron chi connectivity index (χ3n) is 3.57. The second-order valence-corrected chi connectivity index (χ2v) is 6.94. The number of nitrogens with one attached hydrogen (secondary N) is 3. The van der Waals surface area contributed by atoms with Crippen molar-refractivity contribution in [2.75, 3.05) is 31.2 Å². The van der Waals surface area contributed by atoms with Crippen molar-refractivity contribution in [1.82, 2.24) is 15.6 Å². The SMILES string of the molecule is CN=C(NCCC(=O)Nc1ccc(C)cn1)NCC1CCCS1. The van der Waals surface area contributed by atoms with Crippen LogP contribution in [-0.2, 0) is 4.79 Å². The molecule has 1 aromatic heterocycles. The van der Waals surface area contributed by atoms with E-state index >= 15 is 0 Å². The zero-order valence-electron chi connectivity index (χ0n) is 13.8. The van der Waals surface area contributed by atoms with Crippen LogP contribution in [0.1, 0.15) is 24.8 Å². The fourth-order valence-corrected chi connectivity index (χ4v) is 3.48. The highest BCUT2D eigenvalue weighted by molar-refractivity contribution is 8.00. The number of thioether (sulfide) groups is 1. The summed E-state index contributed by atoms with van der Waals surface area (Å²) in [5.74, 6) is 2.53. The summed E-state index contributed by atoms with van der Waals surface area (Å²) in [5, 5.41) is 9.94. The average Bonchev–Trinajstić information content (AvgIpc) is 3.06. The smallest absolute Gasteiger partial charge is 0.227 e. The van der Waals surface area contributed by atoms with Crippen molar-refractivity contribution in [3.63, 3.8) is 0 Å². The van der Waals surface area contributed by atoms with E-state index in [9.17, 15) is 4.79 Å². The molecule has 3 N–H and O–H groups in total. The number of aryl methyl sites for hydroxylation is 1. The Kier molecular flexibility index (Phi) is 7.19. The number of rotatable bonds is 6. The monoisotopic (exact) mass is 335 g/mol. The third-order valence-corrected chi connectivity index (χ3v) is 4.97. The Bertz CT molecular complexity index is 526. The number of anilines is 1. The Morgan fingerprint density at radius 2 is 2.30 bits per heavy atom. The minimum absolute atomic E-state index is 0.0596. The predicted molar refractivity (Wildman–Crippen MR) is 97.1 cm³/mol. The highest BCUT2D eigenvalue weighted by Gasteiger charge is 2.15. The van der Waals surface area contributed by atoms with E-state index in [2.05, 4.69) is 25.9 Å². The first-order chi connectivity index (χ1) is 11.2. The highest BCUT2D eigenvalue weighted by Crippen LogP contribution is 2.25. The number of hydrogen-bond donors (Lipinski definition) is 3. The van der Waals surface area contributed by atoms with Crippen molar-refractivity contribution in [3.8, 4) is 0 Å². The molecule has 0 aromatic carbocycles. The van der Waals surface area contributed by atoms with Crippen LogP contribution in [0.3, 0.4) is 0 Å². The summed E-state index contributed by atoms with van der Waals surface area (Å²) < 4.78 is 0. The van der Waals surface area contributed by atoms with Gasteiger partial charge in [0.2, 0.25) is 5.91 Å². The number of aliphatic imine (C=N–C) groups is 1. The van der Waals surface area contributed by atoms with Gasteiger partial charge in [-0.2, -0.15) is 11.8 Å². The molecule has 1 atom stereocenters. The summed E-state index contributed by atoms with van der Waals surface area (Å²) in [7, 11) is 1.74. The second-order valence-electron chi connectivity index (χ2n) is 5.53. The molecule has 6 nitrogen and oxygen atoms in total. The predicted octanol–water partition coefficient (Wildman–Crippen LogP) is 1.78. The lowest BCUT2D eigenvalue weighted by atomic mass is 10.2. The van der Waals surface area contributed by atoms with Crippen LogP contribution in [0, 0.1) is 6.92 Å². The molecule has 0 radical (unpaired) electrons. The van der Waals surface area contributed by atoms with Crippen molar-refractivity contribution >= 4 is 29.4 Å². The van der Waals surface area contributed by atoms with Crippen molar-refractivity contribution in [2.24, 2.45) is 4.99 Å². The topological polar surface area (TPSA) is 78.4 Å². The van der Waals surface area contributed by atoms with Gasteiger partial charge in [0.25, 0.3) is 0 Å². The van der Waals surface area contributed by atoms with E-state index < -0.39 is 0 Å². The number of amides is 1. The van der Waals surface area contributed by atoms with Crippen LogP contribution < -0.4 is 16.0 Å². The van der Waals surface area contributed by atoms with Crippen LogP contribution in [0.5, 0.6) is 0 Å². The maximum Gasteiger partial charge on any atom is 0.227 e. The molecule has 1 aromatic rings. The summed E-state index contributed by atoms with van der Waals surface area (Å²) in [5.41, 5.74) is 1.07. The van der Waals surface area contributed by atoms with Crippen molar-refractivity contribution in [1.29, 1.82) is 0 Å². The van der Waals surface area contributed by atoms with Crippen LogP contribution in [0.25, 0.3) is 0 Å². The van der Waals surface area contributed by atoms with Crippen LogP contribution in [0.4, 0.5) is 5.82 Å². The Labute approximate surface area is 141 Å². The van der Waals surface area contributed by atoms with Gasteiger partial charge in [-0.25, -0.2) is 4.98 Å². The van der Waals surface area contributed by atoms with Gasteiger partial charge in [-0.3, -0.25) is 9.79 Å². The molecule has 2 rings (SSSR count). The van der Waals surface area contributed by atoms with E-state index in [1.165, 1.54) is 18.6 Å². The lowest BCUT2D eigenvalue weighted by molar-refractivity contribution is -0.116. The molecule has 1 fully saturated rings. The Hall–Kier alpha value is -1.76. The average molecular weight is 335 g/mol. The fraction of sp³-hybridized carbons (Fsp3) is 0.562. The van der Waals surface area contributed by atoms with E-state index in [0.29, 0.717) is 24.0 Å². The van der Waals surface area contributed by atoms with E-state index in [0.717, 1.165) is 18.1 Å².